The van der Waals surface area contributed by atoms with Crippen LogP contribution in [0.2, 0.25) is 0 Å². The van der Waals surface area contributed by atoms with E-state index in [0.717, 1.165) is 13.0 Å². The van der Waals surface area contributed by atoms with E-state index in [1.807, 2.05) is 18.9 Å². The zero-order valence-electron chi connectivity index (χ0n) is 10.6. The summed E-state index contributed by atoms with van der Waals surface area (Å²) >= 11 is 0. The fourth-order valence-corrected chi connectivity index (χ4v) is 1.28. The van der Waals surface area contributed by atoms with Crippen molar-refractivity contribution < 1.29 is 4.84 Å². The second-order valence-electron chi connectivity index (χ2n) is 3.58. The van der Waals surface area contributed by atoms with Crippen molar-refractivity contribution in [3.63, 3.8) is 0 Å². The van der Waals surface area contributed by atoms with E-state index in [0.29, 0.717) is 17.7 Å². The van der Waals surface area contributed by atoms with Gasteiger partial charge in [0, 0.05) is 20.6 Å². The molecular weight excluding hydrogens is 206 g/mol. The Bertz CT molecular complexity index is 344. The van der Waals surface area contributed by atoms with Crippen molar-refractivity contribution in [1.29, 1.82) is 0 Å². The van der Waals surface area contributed by atoms with Crippen LogP contribution in [0.5, 0.6) is 0 Å². The summed E-state index contributed by atoms with van der Waals surface area (Å²) in [7, 11) is 5.31. The molecule has 0 saturated heterocycles. The van der Waals surface area contributed by atoms with Crippen molar-refractivity contribution in [2.24, 2.45) is 0 Å². The van der Waals surface area contributed by atoms with Crippen LogP contribution in [0.25, 0.3) is 0 Å². The Kier molecular flexibility index (Phi) is 4.42. The molecule has 0 bridgehead atoms. The number of anilines is 2. The lowest BCUT2D eigenvalue weighted by Crippen LogP contribution is -2.24. The number of hydroxylamine groups is 1. The largest absolute Gasteiger partial charge is 0.344 e. The summed E-state index contributed by atoms with van der Waals surface area (Å²) in [5.41, 5.74) is 0. The van der Waals surface area contributed by atoms with Crippen LogP contribution < -0.4 is 9.96 Å². The van der Waals surface area contributed by atoms with Gasteiger partial charge in [-0.05, 0) is 13.3 Å². The first-order valence-corrected chi connectivity index (χ1v) is 5.30. The Morgan fingerprint density at radius 1 is 1.12 bits per heavy atom. The molecule has 0 saturated carbocycles. The molecule has 1 heterocycles. The normalized spacial score (nSPS) is 10.3. The van der Waals surface area contributed by atoms with Crippen molar-refractivity contribution in [2.75, 3.05) is 37.7 Å². The molecule has 0 unspecified atom stereocenters. The summed E-state index contributed by atoms with van der Waals surface area (Å²) < 4.78 is 0. The minimum Gasteiger partial charge on any atom is -0.344 e. The summed E-state index contributed by atoms with van der Waals surface area (Å²) in [6, 6.07) is 0. The maximum Gasteiger partial charge on any atom is 0.254 e. The molecule has 6 heteroatoms. The zero-order chi connectivity index (χ0) is 12.1. The van der Waals surface area contributed by atoms with Gasteiger partial charge in [0.15, 0.2) is 0 Å². The van der Waals surface area contributed by atoms with E-state index in [-0.39, 0.29) is 0 Å². The van der Waals surface area contributed by atoms with Crippen LogP contribution >= 0.6 is 0 Å². The lowest BCUT2D eigenvalue weighted by Gasteiger charge is -2.19. The van der Waals surface area contributed by atoms with Gasteiger partial charge in [0.05, 0.1) is 7.11 Å². The average Bonchev–Trinajstić information content (AvgIpc) is 2.27. The third-order valence-corrected chi connectivity index (χ3v) is 2.18. The molecular formula is C10H19N5O. The van der Waals surface area contributed by atoms with E-state index >= 15 is 0 Å². The monoisotopic (exact) mass is 225 g/mol. The van der Waals surface area contributed by atoms with Crippen LogP contribution in [0.4, 0.5) is 11.9 Å². The fraction of sp³-hybridized carbons (Fsp3) is 0.700. The summed E-state index contributed by atoms with van der Waals surface area (Å²) in [6.07, 6.45) is 1.05. The minimum atomic E-state index is 0.521. The highest BCUT2D eigenvalue weighted by Gasteiger charge is 2.10. The van der Waals surface area contributed by atoms with Crippen molar-refractivity contribution in [2.45, 2.75) is 20.3 Å². The molecule has 0 aliphatic heterocycles. The molecule has 0 spiro atoms. The molecule has 0 aromatic carbocycles. The Morgan fingerprint density at radius 3 is 2.31 bits per heavy atom. The van der Waals surface area contributed by atoms with Gasteiger partial charge in [0.1, 0.15) is 5.82 Å². The predicted molar refractivity (Wildman–Crippen MR) is 63.5 cm³/mol. The number of hydrogen-bond donors (Lipinski definition) is 0. The first kappa shape index (κ1) is 12.6. The second kappa shape index (κ2) is 5.60. The first-order chi connectivity index (χ1) is 7.58. The Balaban J connectivity index is 2.97. The minimum absolute atomic E-state index is 0.521. The van der Waals surface area contributed by atoms with Gasteiger partial charge in [-0.25, -0.2) is 5.06 Å². The van der Waals surface area contributed by atoms with Gasteiger partial charge < -0.3 is 4.90 Å². The molecule has 0 N–H and O–H groups in total. The highest BCUT2D eigenvalue weighted by Crippen LogP contribution is 2.11. The van der Waals surface area contributed by atoms with Crippen molar-refractivity contribution in [1.82, 2.24) is 15.0 Å². The molecule has 0 amide bonds. The Morgan fingerprint density at radius 2 is 1.75 bits per heavy atom. The van der Waals surface area contributed by atoms with E-state index in [4.69, 9.17) is 4.84 Å². The van der Waals surface area contributed by atoms with E-state index in [9.17, 15) is 0 Å². The summed E-state index contributed by atoms with van der Waals surface area (Å²) in [5.74, 6) is 1.88. The highest BCUT2D eigenvalue weighted by atomic mass is 16.7. The van der Waals surface area contributed by atoms with Gasteiger partial charge in [-0.3, -0.25) is 4.84 Å². The topological polar surface area (TPSA) is 54.4 Å². The molecule has 90 valence electrons. The van der Waals surface area contributed by atoms with Crippen LogP contribution in [0.1, 0.15) is 19.2 Å². The molecule has 1 rings (SSSR count). The fourth-order valence-electron chi connectivity index (χ4n) is 1.28. The van der Waals surface area contributed by atoms with E-state index in [1.165, 1.54) is 5.06 Å². The van der Waals surface area contributed by atoms with Crippen molar-refractivity contribution >= 4 is 11.9 Å². The second-order valence-corrected chi connectivity index (χ2v) is 3.58. The third-order valence-electron chi connectivity index (χ3n) is 2.18. The molecule has 16 heavy (non-hydrogen) atoms. The number of hydrogen-bond acceptors (Lipinski definition) is 6. The van der Waals surface area contributed by atoms with Crippen molar-refractivity contribution in [3.8, 4) is 0 Å². The van der Waals surface area contributed by atoms with Crippen LogP contribution in [-0.2, 0) is 4.84 Å². The van der Waals surface area contributed by atoms with E-state index < -0.39 is 0 Å². The maximum absolute atomic E-state index is 5.05. The number of rotatable bonds is 5. The number of nitrogens with zero attached hydrogens (tertiary/aromatic N) is 5. The smallest absolute Gasteiger partial charge is 0.254 e. The van der Waals surface area contributed by atoms with E-state index in [2.05, 4.69) is 21.9 Å². The van der Waals surface area contributed by atoms with E-state index in [1.54, 1.807) is 14.2 Å². The lowest BCUT2D eigenvalue weighted by atomic mass is 10.4. The lowest BCUT2D eigenvalue weighted by molar-refractivity contribution is 0.179. The highest BCUT2D eigenvalue weighted by molar-refractivity contribution is 5.36. The summed E-state index contributed by atoms with van der Waals surface area (Å²) in [6.45, 7) is 4.88. The maximum atomic E-state index is 5.05. The van der Waals surface area contributed by atoms with Crippen LogP contribution in [-0.4, -0.2) is 42.7 Å². The number of aryl methyl sites for hydroxylation is 1. The molecule has 0 atom stereocenters. The molecule has 0 radical (unpaired) electrons. The average molecular weight is 225 g/mol. The van der Waals surface area contributed by atoms with Gasteiger partial charge >= 0.3 is 0 Å². The SMILES string of the molecule is CCCN(C)c1nc(C)nc(N(C)OC)n1. The van der Waals surface area contributed by atoms with Crippen LogP contribution in [0.3, 0.4) is 0 Å². The zero-order valence-corrected chi connectivity index (χ0v) is 10.6. The predicted octanol–water partition coefficient (Wildman–Crippen LogP) is 1.02. The standard InChI is InChI=1S/C10H19N5O/c1-6-7-14(3)9-11-8(2)12-10(13-9)15(4)16-5/h6-7H2,1-5H3. The molecule has 1 aromatic heterocycles. The summed E-state index contributed by atoms with van der Waals surface area (Å²) in [5, 5.41) is 1.51. The molecule has 0 aliphatic carbocycles. The molecule has 0 aliphatic rings. The van der Waals surface area contributed by atoms with Crippen LogP contribution in [0.15, 0.2) is 0 Å². The van der Waals surface area contributed by atoms with Crippen molar-refractivity contribution in [3.05, 3.63) is 5.82 Å². The van der Waals surface area contributed by atoms with Gasteiger partial charge in [-0.1, -0.05) is 6.92 Å². The number of aromatic nitrogens is 3. The summed E-state index contributed by atoms with van der Waals surface area (Å²) in [4.78, 5) is 19.9. The Hall–Kier alpha value is -1.43. The van der Waals surface area contributed by atoms with Gasteiger partial charge in [-0.2, -0.15) is 15.0 Å². The molecule has 1 aromatic rings. The third kappa shape index (κ3) is 3.03. The quantitative estimate of drug-likeness (QED) is 0.697. The van der Waals surface area contributed by atoms with Crippen LogP contribution in [0, 0.1) is 6.92 Å². The first-order valence-electron chi connectivity index (χ1n) is 5.30. The van der Waals surface area contributed by atoms with Gasteiger partial charge in [-0.15, -0.1) is 0 Å². The Labute approximate surface area is 96.2 Å². The van der Waals surface area contributed by atoms with Gasteiger partial charge in [0.25, 0.3) is 5.95 Å². The molecule has 0 fully saturated rings. The van der Waals surface area contributed by atoms with Gasteiger partial charge in [0.2, 0.25) is 5.95 Å². The molecule has 6 nitrogen and oxygen atoms in total.